The molecule has 2 aromatic carbocycles. The Balaban J connectivity index is 1.79. The highest BCUT2D eigenvalue weighted by Gasteiger charge is 2.31. The number of thioether (sulfide) groups is 1. The van der Waals surface area contributed by atoms with Crippen LogP contribution in [-0.2, 0) is 16.0 Å². The molecule has 1 amide bonds. The molecule has 150 valence electrons. The van der Waals surface area contributed by atoms with Crippen LogP contribution in [-0.4, -0.2) is 37.9 Å². The van der Waals surface area contributed by atoms with Gasteiger partial charge in [-0.2, -0.15) is 0 Å². The molecule has 5 nitrogen and oxygen atoms in total. The zero-order valence-electron chi connectivity index (χ0n) is 15.3. The monoisotopic (exact) mass is 447 g/mol. The molecule has 0 radical (unpaired) electrons. The normalized spacial score (nSPS) is 15.3. The van der Waals surface area contributed by atoms with E-state index in [0.29, 0.717) is 32.7 Å². The van der Waals surface area contributed by atoms with Gasteiger partial charge in [-0.25, -0.2) is 0 Å². The van der Waals surface area contributed by atoms with Gasteiger partial charge in [-0.15, -0.1) is 0 Å². The van der Waals surface area contributed by atoms with Crippen molar-refractivity contribution in [3.05, 3.63) is 69.1 Å². The number of carboxylic acids is 1. The van der Waals surface area contributed by atoms with E-state index < -0.39 is 5.97 Å². The van der Waals surface area contributed by atoms with E-state index in [2.05, 4.69) is 0 Å². The zero-order chi connectivity index (χ0) is 21.0. The maximum atomic E-state index is 12.6. The SMILES string of the molecule is O=C(O)CCCN1C(=O)/C(=C/c2cc(Cc3ccccc3Cl)ccc2O)SC1=S. The maximum Gasteiger partial charge on any atom is 0.303 e. The second kappa shape index (κ2) is 9.43. The lowest BCUT2D eigenvalue weighted by Gasteiger charge is -2.13. The van der Waals surface area contributed by atoms with Crippen LogP contribution in [0, 0.1) is 0 Å². The van der Waals surface area contributed by atoms with Crippen LogP contribution in [0.15, 0.2) is 47.4 Å². The van der Waals surface area contributed by atoms with Crippen molar-refractivity contribution in [3.63, 3.8) is 0 Å². The summed E-state index contributed by atoms with van der Waals surface area (Å²) in [5.74, 6) is -1.13. The van der Waals surface area contributed by atoms with E-state index in [4.69, 9.17) is 28.9 Å². The summed E-state index contributed by atoms with van der Waals surface area (Å²) in [4.78, 5) is 25.1. The molecule has 0 saturated carbocycles. The number of nitrogens with zero attached hydrogens (tertiary/aromatic N) is 1. The summed E-state index contributed by atoms with van der Waals surface area (Å²) in [5, 5.41) is 19.7. The molecule has 2 N–H and O–H groups in total. The third-order valence-corrected chi connectivity index (χ3v) is 6.12. The highest BCUT2D eigenvalue weighted by atomic mass is 35.5. The van der Waals surface area contributed by atoms with Crippen LogP contribution in [0.2, 0.25) is 5.02 Å². The molecule has 1 aliphatic heterocycles. The average molecular weight is 448 g/mol. The summed E-state index contributed by atoms with van der Waals surface area (Å²) in [5.41, 5.74) is 2.43. The average Bonchev–Trinajstić information content (AvgIpc) is 2.93. The third kappa shape index (κ3) is 5.38. The number of hydrogen-bond donors (Lipinski definition) is 2. The Bertz CT molecular complexity index is 1010. The number of rotatable bonds is 7. The van der Waals surface area contributed by atoms with Crippen molar-refractivity contribution >= 4 is 57.9 Å². The van der Waals surface area contributed by atoms with Crippen LogP contribution in [0.3, 0.4) is 0 Å². The topological polar surface area (TPSA) is 77.8 Å². The number of amides is 1. The first-order chi connectivity index (χ1) is 13.8. The van der Waals surface area contributed by atoms with Crippen molar-refractivity contribution in [2.75, 3.05) is 6.54 Å². The fraction of sp³-hybridized carbons (Fsp3) is 0.190. The van der Waals surface area contributed by atoms with E-state index in [1.165, 1.54) is 4.90 Å². The second-order valence-electron chi connectivity index (χ2n) is 6.49. The largest absolute Gasteiger partial charge is 0.507 e. The Hall–Kier alpha value is -2.35. The van der Waals surface area contributed by atoms with Crippen LogP contribution in [0.4, 0.5) is 0 Å². The molecule has 1 fully saturated rings. The van der Waals surface area contributed by atoms with Crippen molar-refractivity contribution in [2.45, 2.75) is 19.3 Å². The van der Waals surface area contributed by atoms with Crippen molar-refractivity contribution < 1.29 is 19.8 Å². The van der Waals surface area contributed by atoms with Gasteiger partial charge in [0, 0.05) is 23.6 Å². The summed E-state index contributed by atoms with van der Waals surface area (Å²) in [7, 11) is 0. The van der Waals surface area contributed by atoms with Crippen molar-refractivity contribution in [3.8, 4) is 5.75 Å². The summed E-state index contributed by atoms with van der Waals surface area (Å²) >= 11 is 12.6. The molecule has 0 bridgehead atoms. The Labute approximate surface area is 183 Å². The number of hydrogen-bond acceptors (Lipinski definition) is 5. The van der Waals surface area contributed by atoms with Gasteiger partial charge in [0.05, 0.1) is 4.91 Å². The molecule has 0 aliphatic carbocycles. The maximum absolute atomic E-state index is 12.6. The minimum atomic E-state index is -0.911. The quantitative estimate of drug-likeness (QED) is 0.473. The van der Waals surface area contributed by atoms with Gasteiger partial charge in [0.25, 0.3) is 5.91 Å². The summed E-state index contributed by atoms with van der Waals surface area (Å²) in [6.45, 7) is 0.257. The predicted molar refractivity (Wildman–Crippen MR) is 119 cm³/mol. The van der Waals surface area contributed by atoms with Gasteiger partial charge in [0.2, 0.25) is 0 Å². The molecule has 0 aromatic heterocycles. The molecular formula is C21H18ClNO4S2. The van der Waals surface area contributed by atoms with Crippen LogP contribution in [0.1, 0.15) is 29.5 Å². The summed E-state index contributed by atoms with van der Waals surface area (Å²) < 4.78 is 0.387. The van der Waals surface area contributed by atoms with Crippen LogP contribution < -0.4 is 0 Å². The Morgan fingerprint density at radius 3 is 2.72 bits per heavy atom. The fourth-order valence-electron chi connectivity index (χ4n) is 2.91. The molecule has 29 heavy (non-hydrogen) atoms. The van der Waals surface area contributed by atoms with Crippen molar-refractivity contribution in [1.29, 1.82) is 0 Å². The third-order valence-electron chi connectivity index (χ3n) is 4.38. The van der Waals surface area contributed by atoms with E-state index in [0.717, 1.165) is 22.9 Å². The first-order valence-corrected chi connectivity index (χ1v) is 10.5. The lowest BCUT2D eigenvalue weighted by atomic mass is 10.0. The molecule has 0 spiro atoms. The van der Waals surface area contributed by atoms with E-state index in [1.54, 1.807) is 12.1 Å². The van der Waals surface area contributed by atoms with E-state index in [-0.39, 0.29) is 24.6 Å². The van der Waals surface area contributed by atoms with Crippen molar-refractivity contribution in [2.24, 2.45) is 0 Å². The highest BCUT2D eigenvalue weighted by Crippen LogP contribution is 2.34. The van der Waals surface area contributed by atoms with E-state index >= 15 is 0 Å². The molecule has 0 atom stereocenters. The standard InChI is InChI=1S/C21H18ClNO4S2/c22-16-5-2-1-4-14(16)10-13-7-8-17(24)15(11-13)12-18-20(27)23(21(28)29-18)9-3-6-19(25)26/h1-2,4-5,7-8,11-12,24H,3,6,9-10H2,(H,25,26)/b18-12-. The number of phenols is 1. The van der Waals surface area contributed by atoms with Gasteiger partial charge in [-0.05, 0) is 48.2 Å². The fourth-order valence-corrected chi connectivity index (χ4v) is 4.42. The number of aromatic hydroxyl groups is 1. The number of benzene rings is 2. The number of phenolic OH excluding ortho intramolecular Hbond substituents is 1. The lowest BCUT2D eigenvalue weighted by Crippen LogP contribution is -2.29. The molecule has 0 unspecified atom stereocenters. The highest BCUT2D eigenvalue weighted by molar-refractivity contribution is 8.26. The molecule has 1 heterocycles. The molecular weight excluding hydrogens is 430 g/mol. The van der Waals surface area contributed by atoms with Gasteiger partial charge in [0.1, 0.15) is 10.1 Å². The molecule has 1 saturated heterocycles. The molecule has 1 aliphatic rings. The molecule has 8 heteroatoms. The smallest absolute Gasteiger partial charge is 0.303 e. The van der Waals surface area contributed by atoms with Gasteiger partial charge >= 0.3 is 5.97 Å². The van der Waals surface area contributed by atoms with Gasteiger partial charge < -0.3 is 10.2 Å². The Kier molecular flexibility index (Phi) is 6.95. The van der Waals surface area contributed by atoms with E-state index in [1.807, 2.05) is 36.4 Å². The number of carbonyl (C=O) groups excluding carboxylic acids is 1. The number of carboxylic acid groups (broad SMARTS) is 1. The summed E-state index contributed by atoms with van der Waals surface area (Å²) in [6, 6.07) is 12.8. The number of thiocarbonyl (C=S) groups is 1. The zero-order valence-corrected chi connectivity index (χ0v) is 17.7. The number of carbonyl (C=O) groups is 2. The van der Waals surface area contributed by atoms with Crippen LogP contribution in [0.5, 0.6) is 5.75 Å². The van der Waals surface area contributed by atoms with Crippen LogP contribution >= 0.6 is 35.6 Å². The number of halogens is 1. The number of aliphatic carboxylic acids is 1. The Morgan fingerprint density at radius 1 is 1.24 bits per heavy atom. The Morgan fingerprint density at radius 2 is 2.00 bits per heavy atom. The van der Waals surface area contributed by atoms with E-state index in [9.17, 15) is 14.7 Å². The first-order valence-electron chi connectivity index (χ1n) is 8.87. The van der Waals surface area contributed by atoms with Crippen LogP contribution in [0.25, 0.3) is 6.08 Å². The van der Waals surface area contributed by atoms with Crippen molar-refractivity contribution in [1.82, 2.24) is 4.90 Å². The summed E-state index contributed by atoms with van der Waals surface area (Å²) in [6.07, 6.45) is 2.51. The first kappa shape index (κ1) is 21.4. The second-order valence-corrected chi connectivity index (χ2v) is 8.57. The molecule has 2 aromatic rings. The van der Waals surface area contributed by atoms with Gasteiger partial charge in [0.15, 0.2) is 0 Å². The molecule has 3 rings (SSSR count). The van der Waals surface area contributed by atoms with Gasteiger partial charge in [-0.1, -0.05) is 59.8 Å². The van der Waals surface area contributed by atoms with Gasteiger partial charge in [-0.3, -0.25) is 14.5 Å². The minimum Gasteiger partial charge on any atom is -0.507 e. The predicted octanol–water partition coefficient (Wildman–Crippen LogP) is 4.70. The lowest BCUT2D eigenvalue weighted by molar-refractivity contribution is -0.137. The minimum absolute atomic E-state index is 0.0268.